The van der Waals surface area contributed by atoms with Gasteiger partial charge in [-0.05, 0) is 29.0 Å². The summed E-state index contributed by atoms with van der Waals surface area (Å²) in [6.07, 6.45) is 3.97. The van der Waals surface area contributed by atoms with Gasteiger partial charge in [0.15, 0.2) is 0 Å². The Balaban J connectivity index is 2.12. The number of alkyl halides is 2. The molecule has 1 atom stereocenters. The first kappa shape index (κ1) is 9.36. The van der Waals surface area contributed by atoms with Gasteiger partial charge in [0, 0.05) is 19.0 Å². The second-order valence-electron chi connectivity index (χ2n) is 3.39. The first-order valence-corrected chi connectivity index (χ1v) is 5.22. The summed E-state index contributed by atoms with van der Waals surface area (Å²) in [6, 6.07) is -0.112. The molecule has 0 N–H and O–H groups in total. The molecule has 0 aliphatic heterocycles. The van der Waals surface area contributed by atoms with E-state index in [1.54, 1.807) is 10.9 Å². The molecule has 1 unspecified atom stereocenters. The van der Waals surface area contributed by atoms with Crippen molar-refractivity contribution in [1.29, 1.82) is 0 Å². The van der Waals surface area contributed by atoms with Gasteiger partial charge in [0.2, 0.25) is 5.92 Å². The van der Waals surface area contributed by atoms with Crippen molar-refractivity contribution < 1.29 is 8.78 Å². The van der Waals surface area contributed by atoms with Crippen LogP contribution in [0.3, 0.4) is 0 Å². The van der Waals surface area contributed by atoms with Crippen molar-refractivity contribution in [2.45, 2.75) is 31.2 Å². The van der Waals surface area contributed by atoms with Crippen LogP contribution in [-0.4, -0.2) is 15.7 Å². The van der Waals surface area contributed by atoms with E-state index in [-0.39, 0.29) is 18.9 Å². The molecule has 0 saturated heterocycles. The smallest absolute Gasteiger partial charge is 0.250 e. The van der Waals surface area contributed by atoms with Crippen molar-refractivity contribution in [2.75, 3.05) is 0 Å². The SMILES string of the molecule is FC1(F)CCC(n2cc(I)cn2)C1. The fourth-order valence-electron chi connectivity index (χ4n) is 1.67. The number of aromatic nitrogens is 2. The highest BCUT2D eigenvalue weighted by molar-refractivity contribution is 14.1. The predicted octanol–water partition coefficient (Wildman–Crippen LogP) is 2.85. The Labute approximate surface area is 88.5 Å². The summed E-state index contributed by atoms with van der Waals surface area (Å²) in [5.41, 5.74) is 0. The summed E-state index contributed by atoms with van der Waals surface area (Å²) in [7, 11) is 0. The Kier molecular flexibility index (Phi) is 2.29. The van der Waals surface area contributed by atoms with E-state index >= 15 is 0 Å². The molecule has 2 nitrogen and oxygen atoms in total. The average molecular weight is 298 g/mol. The quantitative estimate of drug-likeness (QED) is 0.729. The lowest BCUT2D eigenvalue weighted by Gasteiger charge is -2.10. The highest BCUT2D eigenvalue weighted by Crippen LogP contribution is 2.41. The van der Waals surface area contributed by atoms with Crippen LogP contribution in [0.4, 0.5) is 8.78 Å². The lowest BCUT2D eigenvalue weighted by molar-refractivity contribution is 0.00518. The molecule has 1 fully saturated rings. The summed E-state index contributed by atoms with van der Waals surface area (Å²) in [4.78, 5) is 0. The van der Waals surface area contributed by atoms with Gasteiger partial charge < -0.3 is 0 Å². The lowest BCUT2D eigenvalue weighted by Crippen LogP contribution is -2.12. The van der Waals surface area contributed by atoms with E-state index in [1.807, 2.05) is 6.20 Å². The van der Waals surface area contributed by atoms with Crippen LogP contribution in [0.1, 0.15) is 25.3 Å². The zero-order valence-corrected chi connectivity index (χ0v) is 9.04. The second kappa shape index (κ2) is 3.18. The van der Waals surface area contributed by atoms with Crippen molar-refractivity contribution in [2.24, 2.45) is 0 Å². The lowest BCUT2D eigenvalue weighted by atomic mass is 10.2. The van der Waals surface area contributed by atoms with Gasteiger partial charge in [-0.2, -0.15) is 5.10 Å². The monoisotopic (exact) mass is 298 g/mol. The molecule has 13 heavy (non-hydrogen) atoms. The molecule has 1 heterocycles. The van der Waals surface area contributed by atoms with Gasteiger partial charge in [0.1, 0.15) is 0 Å². The molecule has 0 spiro atoms. The molecular weight excluding hydrogens is 289 g/mol. The normalized spacial score (nSPS) is 26.5. The van der Waals surface area contributed by atoms with Crippen LogP contribution in [0.25, 0.3) is 0 Å². The predicted molar refractivity (Wildman–Crippen MR) is 52.8 cm³/mol. The number of hydrogen-bond acceptors (Lipinski definition) is 1. The number of rotatable bonds is 1. The standard InChI is InChI=1S/C8H9F2IN2/c9-8(10)2-1-7(3-8)13-5-6(11)4-12-13/h4-5,7H,1-3H2. The van der Waals surface area contributed by atoms with E-state index < -0.39 is 5.92 Å². The van der Waals surface area contributed by atoms with Crippen LogP contribution in [0.2, 0.25) is 0 Å². The van der Waals surface area contributed by atoms with E-state index in [0.717, 1.165) is 3.57 Å². The molecule has 1 aromatic heterocycles. The van der Waals surface area contributed by atoms with E-state index in [0.29, 0.717) is 6.42 Å². The van der Waals surface area contributed by atoms with Gasteiger partial charge in [-0.3, -0.25) is 4.68 Å². The summed E-state index contributed by atoms with van der Waals surface area (Å²) < 4.78 is 28.3. The Morgan fingerprint density at radius 1 is 1.62 bits per heavy atom. The fraction of sp³-hybridized carbons (Fsp3) is 0.625. The molecule has 0 aromatic carbocycles. The molecule has 1 saturated carbocycles. The van der Waals surface area contributed by atoms with Crippen molar-refractivity contribution in [3.63, 3.8) is 0 Å². The highest BCUT2D eigenvalue weighted by Gasteiger charge is 2.40. The summed E-state index contributed by atoms with van der Waals surface area (Å²) in [6.45, 7) is 0. The van der Waals surface area contributed by atoms with Crippen LogP contribution in [0.15, 0.2) is 12.4 Å². The Hall–Kier alpha value is -0.200. The minimum atomic E-state index is -2.48. The molecule has 0 bridgehead atoms. The van der Waals surface area contributed by atoms with Gasteiger partial charge >= 0.3 is 0 Å². The summed E-state index contributed by atoms with van der Waals surface area (Å²) >= 11 is 2.13. The zero-order valence-electron chi connectivity index (χ0n) is 6.88. The highest BCUT2D eigenvalue weighted by atomic mass is 127. The van der Waals surface area contributed by atoms with E-state index in [2.05, 4.69) is 27.7 Å². The van der Waals surface area contributed by atoms with Crippen molar-refractivity contribution in [3.05, 3.63) is 16.0 Å². The third-order valence-corrected chi connectivity index (χ3v) is 2.88. The summed E-state index contributed by atoms with van der Waals surface area (Å²) in [5, 5.41) is 4.04. The molecule has 1 aliphatic carbocycles. The minimum Gasteiger partial charge on any atom is -0.268 e. The average Bonchev–Trinajstić information content (AvgIpc) is 2.56. The second-order valence-corrected chi connectivity index (χ2v) is 4.64. The maximum atomic E-state index is 12.8. The molecule has 0 amide bonds. The number of nitrogens with zero attached hydrogens (tertiary/aromatic N) is 2. The van der Waals surface area contributed by atoms with Crippen molar-refractivity contribution >= 4 is 22.6 Å². The molecular formula is C8H9F2IN2. The van der Waals surface area contributed by atoms with Gasteiger partial charge in [-0.15, -0.1) is 0 Å². The van der Waals surface area contributed by atoms with E-state index in [1.165, 1.54) is 0 Å². The Morgan fingerprint density at radius 3 is 2.85 bits per heavy atom. The third kappa shape index (κ3) is 2.00. The molecule has 72 valence electrons. The van der Waals surface area contributed by atoms with Crippen LogP contribution in [0, 0.1) is 3.57 Å². The first-order chi connectivity index (χ1) is 6.07. The number of hydrogen-bond donors (Lipinski definition) is 0. The topological polar surface area (TPSA) is 17.8 Å². The van der Waals surface area contributed by atoms with Crippen molar-refractivity contribution in [3.8, 4) is 0 Å². The maximum absolute atomic E-state index is 12.8. The molecule has 5 heteroatoms. The van der Waals surface area contributed by atoms with Crippen LogP contribution in [0.5, 0.6) is 0 Å². The van der Waals surface area contributed by atoms with Crippen LogP contribution < -0.4 is 0 Å². The molecule has 2 rings (SSSR count). The van der Waals surface area contributed by atoms with Gasteiger partial charge in [-0.1, -0.05) is 0 Å². The Bertz CT molecular complexity index is 311. The van der Waals surface area contributed by atoms with Gasteiger partial charge in [-0.25, -0.2) is 8.78 Å². The van der Waals surface area contributed by atoms with Crippen LogP contribution >= 0.6 is 22.6 Å². The Morgan fingerprint density at radius 2 is 2.38 bits per heavy atom. The third-order valence-electron chi connectivity index (χ3n) is 2.32. The molecule has 1 aliphatic rings. The van der Waals surface area contributed by atoms with Crippen molar-refractivity contribution in [1.82, 2.24) is 9.78 Å². The fourth-order valence-corrected chi connectivity index (χ4v) is 2.08. The molecule has 1 aromatic rings. The largest absolute Gasteiger partial charge is 0.268 e. The van der Waals surface area contributed by atoms with Gasteiger partial charge in [0.25, 0.3) is 0 Å². The van der Waals surface area contributed by atoms with Crippen LogP contribution in [-0.2, 0) is 0 Å². The maximum Gasteiger partial charge on any atom is 0.250 e. The van der Waals surface area contributed by atoms with E-state index in [9.17, 15) is 8.78 Å². The van der Waals surface area contributed by atoms with E-state index in [4.69, 9.17) is 0 Å². The summed E-state index contributed by atoms with van der Waals surface area (Å²) in [5.74, 6) is -2.48. The first-order valence-electron chi connectivity index (χ1n) is 4.14. The zero-order chi connectivity index (χ0) is 9.47. The van der Waals surface area contributed by atoms with Gasteiger partial charge in [0.05, 0.1) is 15.8 Å². The minimum absolute atomic E-state index is 0.00585. The molecule has 0 radical (unpaired) electrons. The number of halogens is 3.